The summed E-state index contributed by atoms with van der Waals surface area (Å²) in [5.74, 6) is -1.54. The molecule has 0 aliphatic carbocycles. The number of nitrogens with one attached hydrogen (secondary N) is 2. The van der Waals surface area contributed by atoms with Crippen LogP contribution in [-0.2, 0) is 14.3 Å². The minimum Gasteiger partial charge on any atom is -0.481 e. The first-order valence-electron chi connectivity index (χ1n) is 12.8. The highest BCUT2D eigenvalue weighted by molar-refractivity contribution is 5.97. The van der Waals surface area contributed by atoms with E-state index >= 15 is 0 Å². The number of aromatic nitrogens is 2. The van der Waals surface area contributed by atoms with E-state index in [2.05, 4.69) is 20.6 Å². The van der Waals surface area contributed by atoms with Crippen LogP contribution in [0.1, 0.15) is 36.7 Å². The van der Waals surface area contributed by atoms with Crippen LogP contribution < -0.4 is 10.6 Å². The highest BCUT2D eigenvalue weighted by atomic mass is 35.5. The van der Waals surface area contributed by atoms with E-state index in [1.165, 1.54) is 15.9 Å². The zero-order chi connectivity index (χ0) is 28.2. The lowest BCUT2D eigenvalue weighted by Gasteiger charge is -2.35. The predicted octanol–water partition coefficient (Wildman–Crippen LogP) is 1.62. The van der Waals surface area contributed by atoms with Crippen molar-refractivity contribution >= 4 is 42.1 Å². The van der Waals surface area contributed by atoms with Gasteiger partial charge in [0.05, 0.1) is 6.61 Å². The van der Waals surface area contributed by atoms with Crippen molar-refractivity contribution in [3.63, 3.8) is 0 Å². The number of amides is 3. The largest absolute Gasteiger partial charge is 0.481 e. The smallest absolute Gasteiger partial charge is 0.409 e. The molecule has 0 spiro atoms. The lowest BCUT2D eigenvalue weighted by molar-refractivity contribution is -0.138. The molecular weight excluding hydrogens is 544 g/mol. The SMILES string of the molecule is CCOC(=O)N1CCN(C(=O)[C@H](CCC(=O)O)NC(=O)c2cc(NCCCO)nc(-c3ccccc3)n2)CC1.Cl. The Hall–Kier alpha value is -3.97. The second kappa shape index (κ2) is 16.2. The Labute approximate surface area is 238 Å². The Balaban J connectivity index is 0.00000560. The molecule has 1 aliphatic rings. The lowest BCUT2D eigenvalue weighted by Crippen LogP contribution is -2.56. The quantitative estimate of drug-likeness (QED) is 0.271. The van der Waals surface area contributed by atoms with Gasteiger partial charge in [0, 0.05) is 57.4 Å². The zero-order valence-electron chi connectivity index (χ0n) is 22.2. The summed E-state index contributed by atoms with van der Waals surface area (Å²) in [6.45, 7) is 3.33. The Kier molecular flexibility index (Phi) is 13.1. The van der Waals surface area contributed by atoms with Crippen molar-refractivity contribution in [2.75, 3.05) is 51.3 Å². The maximum atomic E-state index is 13.3. The van der Waals surface area contributed by atoms with Gasteiger partial charge in [0.25, 0.3) is 5.91 Å². The summed E-state index contributed by atoms with van der Waals surface area (Å²) >= 11 is 0. The van der Waals surface area contributed by atoms with Gasteiger partial charge in [0.2, 0.25) is 5.91 Å². The Morgan fingerprint density at radius 1 is 1.05 bits per heavy atom. The highest BCUT2D eigenvalue weighted by Crippen LogP contribution is 2.18. The number of benzene rings is 1. The van der Waals surface area contributed by atoms with E-state index in [1.807, 2.05) is 18.2 Å². The van der Waals surface area contributed by atoms with Crippen LogP contribution in [0.3, 0.4) is 0 Å². The minimum atomic E-state index is -1.11. The van der Waals surface area contributed by atoms with Crippen LogP contribution >= 0.6 is 12.4 Å². The molecule has 1 fully saturated rings. The van der Waals surface area contributed by atoms with Gasteiger partial charge >= 0.3 is 12.1 Å². The second-order valence-electron chi connectivity index (χ2n) is 8.80. The number of carbonyl (C=O) groups excluding carboxylic acids is 3. The topological polar surface area (TPSA) is 174 Å². The molecule has 0 radical (unpaired) electrons. The van der Waals surface area contributed by atoms with E-state index in [0.717, 1.165) is 0 Å². The van der Waals surface area contributed by atoms with Crippen molar-refractivity contribution in [2.24, 2.45) is 0 Å². The molecule has 1 atom stereocenters. The predicted molar refractivity (Wildman–Crippen MR) is 148 cm³/mol. The van der Waals surface area contributed by atoms with E-state index in [9.17, 15) is 24.3 Å². The van der Waals surface area contributed by atoms with Gasteiger partial charge in [-0.05, 0) is 19.8 Å². The van der Waals surface area contributed by atoms with E-state index < -0.39 is 29.9 Å². The van der Waals surface area contributed by atoms with Gasteiger partial charge in [0.15, 0.2) is 5.82 Å². The molecule has 0 unspecified atom stereocenters. The lowest BCUT2D eigenvalue weighted by atomic mass is 10.1. The van der Waals surface area contributed by atoms with Gasteiger partial charge in [0.1, 0.15) is 17.6 Å². The van der Waals surface area contributed by atoms with Crippen LogP contribution in [0.25, 0.3) is 11.4 Å². The summed E-state index contributed by atoms with van der Waals surface area (Å²) in [4.78, 5) is 61.7. The number of piperazine rings is 1. The minimum absolute atomic E-state index is 0. The van der Waals surface area contributed by atoms with Gasteiger partial charge in [-0.3, -0.25) is 14.4 Å². The summed E-state index contributed by atoms with van der Waals surface area (Å²) in [5.41, 5.74) is 0.672. The van der Waals surface area contributed by atoms with Crippen molar-refractivity contribution in [3.05, 3.63) is 42.1 Å². The van der Waals surface area contributed by atoms with E-state index in [4.69, 9.17) is 9.84 Å². The fourth-order valence-corrected chi connectivity index (χ4v) is 3.97. The maximum Gasteiger partial charge on any atom is 0.409 e. The molecule has 1 saturated heterocycles. The maximum absolute atomic E-state index is 13.3. The first-order chi connectivity index (χ1) is 18.8. The molecule has 40 heavy (non-hydrogen) atoms. The number of rotatable bonds is 12. The molecule has 218 valence electrons. The number of aliphatic hydroxyl groups is 1. The van der Waals surface area contributed by atoms with Crippen LogP contribution in [0.4, 0.5) is 10.6 Å². The molecule has 1 aromatic heterocycles. The van der Waals surface area contributed by atoms with Crippen LogP contribution in [0.15, 0.2) is 36.4 Å². The Morgan fingerprint density at radius 2 is 1.73 bits per heavy atom. The van der Waals surface area contributed by atoms with Crippen LogP contribution in [-0.4, -0.2) is 106 Å². The van der Waals surface area contributed by atoms with Crippen molar-refractivity contribution < 1.29 is 34.1 Å². The molecule has 0 bridgehead atoms. The molecule has 1 aromatic carbocycles. The third kappa shape index (κ3) is 9.35. The fraction of sp³-hybridized carbons (Fsp3) is 0.462. The molecule has 3 amide bonds. The number of hydrogen-bond donors (Lipinski definition) is 4. The standard InChI is InChI=1S/C26H34N6O7.ClH/c1-2-39-26(38)32-14-12-31(13-15-32)25(37)19(9-10-22(34)35)29-24(36)20-17-21(27-11-6-16-33)30-23(28-20)18-7-4-3-5-8-18;/h3-5,7-8,17,19,33H,2,6,9-16H2,1H3,(H,29,36)(H,34,35)(H,27,28,30);1H/t19-;/m0./s1. The van der Waals surface area contributed by atoms with E-state index in [-0.39, 0.29) is 70.3 Å². The normalized spacial score (nSPS) is 13.6. The number of anilines is 1. The summed E-state index contributed by atoms with van der Waals surface area (Å²) in [5, 5.41) is 24.0. The average Bonchev–Trinajstić information content (AvgIpc) is 2.95. The van der Waals surface area contributed by atoms with Crippen LogP contribution in [0, 0.1) is 0 Å². The number of carbonyl (C=O) groups is 4. The molecular formula is C26H35ClN6O7. The number of aliphatic hydroxyl groups excluding tert-OH is 1. The number of carboxylic acid groups (broad SMARTS) is 1. The van der Waals surface area contributed by atoms with Crippen molar-refractivity contribution in [1.29, 1.82) is 0 Å². The molecule has 13 nitrogen and oxygen atoms in total. The van der Waals surface area contributed by atoms with Crippen molar-refractivity contribution in [2.45, 2.75) is 32.2 Å². The van der Waals surface area contributed by atoms with Gasteiger partial charge < -0.3 is 35.4 Å². The number of carboxylic acids is 1. The number of halogens is 1. The highest BCUT2D eigenvalue weighted by Gasteiger charge is 2.31. The number of hydrogen-bond acceptors (Lipinski definition) is 9. The first-order valence-corrected chi connectivity index (χ1v) is 12.8. The van der Waals surface area contributed by atoms with Gasteiger partial charge in [-0.1, -0.05) is 30.3 Å². The molecule has 3 rings (SSSR count). The third-order valence-corrected chi connectivity index (χ3v) is 6.00. The Morgan fingerprint density at radius 3 is 2.35 bits per heavy atom. The third-order valence-electron chi connectivity index (χ3n) is 6.00. The molecule has 2 aromatic rings. The molecule has 2 heterocycles. The summed E-state index contributed by atoms with van der Waals surface area (Å²) in [7, 11) is 0. The van der Waals surface area contributed by atoms with Crippen molar-refractivity contribution in [3.8, 4) is 11.4 Å². The zero-order valence-corrected chi connectivity index (χ0v) is 23.1. The second-order valence-corrected chi connectivity index (χ2v) is 8.80. The van der Waals surface area contributed by atoms with Crippen LogP contribution in [0.5, 0.6) is 0 Å². The van der Waals surface area contributed by atoms with Crippen molar-refractivity contribution in [1.82, 2.24) is 25.1 Å². The number of ether oxygens (including phenoxy) is 1. The van der Waals surface area contributed by atoms with Gasteiger partial charge in [-0.25, -0.2) is 14.8 Å². The molecule has 14 heteroatoms. The fourth-order valence-electron chi connectivity index (χ4n) is 3.97. The summed E-state index contributed by atoms with van der Waals surface area (Å²) in [6, 6.07) is 9.39. The summed E-state index contributed by atoms with van der Waals surface area (Å²) in [6.07, 6.45) is -0.425. The van der Waals surface area contributed by atoms with E-state index in [1.54, 1.807) is 19.1 Å². The first kappa shape index (κ1) is 32.2. The van der Waals surface area contributed by atoms with Crippen LogP contribution in [0.2, 0.25) is 0 Å². The molecule has 1 aliphatic heterocycles. The van der Waals surface area contributed by atoms with Gasteiger partial charge in [-0.15, -0.1) is 12.4 Å². The number of nitrogens with zero attached hydrogens (tertiary/aromatic N) is 4. The van der Waals surface area contributed by atoms with E-state index in [0.29, 0.717) is 30.2 Å². The number of aliphatic carboxylic acids is 1. The Bertz CT molecular complexity index is 1150. The summed E-state index contributed by atoms with van der Waals surface area (Å²) < 4.78 is 5.00. The average molecular weight is 579 g/mol. The van der Waals surface area contributed by atoms with Gasteiger partial charge in [-0.2, -0.15) is 0 Å². The molecule has 4 N–H and O–H groups in total. The monoisotopic (exact) mass is 578 g/mol. The molecule has 0 saturated carbocycles.